The molecule has 19 heavy (non-hydrogen) atoms. The Kier molecular flexibility index (Phi) is 6.50. The molecule has 108 valence electrons. The normalized spacial score (nSPS) is 14.9. The topological polar surface area (TPSA) is 107 Å². The fraction of sp³-hybridized carbons (Fsp3) is 0.333. The van der Waals surface area contributed by atoms with Crippen molar-refractivity contribution in [2.45, 2.75) is 4.90 Å². The van der Waals surface area contributed by atoms with Crippen LogP contribution in [0.1, 0.15) is 0 Å². The van der Waals surface area contributed by atoms with Gasteiger partial charge in [0.05, 0.1) is 6.61 Å². The van der Waals surface area contributed by atoms with E-state index in [1.807, 2.05) is 0 Å². The van der Waals surface area contributed by atoms with Crippen molar-refractivity contribution >= 4 is 37.7 Å². The smallest absolute Gasteiger partial charge is 0.336 e. The molecule has 0 saturated carbocycles. The largest absolute Gasteiger partial charge is 0.443 e. The molecule has 0 aliphatic carbocycles. The quantitative estimate of drug-likeness (QED) is 0.436. The zero-order valence-corrected chi connectivity index (χ0v) is 13.2. The number of benzene rings is 1. The van der Waals surface area contributed by atoms with Crippen molar-refractivity contribution in [3.63, 3.8) is 0 Å². The molecule has 0 aliphatic rings. The predicted molar refractivity (Wildman–Crippen MR) is 78.3 cm³/mol. The summed E-state index contributed by atoms with van der Waals surface area (Å²) in [6.45, 7) is -3.48. The number of rotatable bonds is 7. The van der Waals surface area contributed by atoms with Gasteiger partial charge in [0.25, 0.3) is 0 Å². The Morgan fingerprint density at radius 3 is 2.26 bits per heavy atom. The molecule has 1 rings (SSSR count). The van der Waals surface area contributed by atoms with Gasteiger partial charge in [-0.1, -0.05) is 0 Å². The molecule has 6 nitrogen and oxygen atoms in total. The summed E-state index contributed by atoms with van der Waals surface area (Å²) >= 11 is 6.14. The monoisotopic (exact) mass is 344 g/mol. The van der Waals surface area contributed by atoms with Gasteiger partial charge >= 0.3 is 7.60 Å². The molecule has 0 aliphatic heterocycles. The average molecular weight is 344 g/mol. The van der Waals surface area contributed by atoms with Crippen LogP contribution in [0.5, 0.6) is 5.75 Å². The van der Waals surface area contributed by atoms with Crippen molar-refractivity contribution in [1.29, 1.82) is 0 Å². The molecule has 0 fully saturated rings. The molecular weight excluding hydrogens is 330 g/mol. The maximum Gasteiger partial charge on any atom is 0.336 e. The first-order valence-corrected chi connectivity index (χ1v) is 10.8. The van der Waals surface area contributed by atoms with E-state index in [0.717, 1.165) is 4.90 Å². The first kappa shape index (κ1) is 17.1. The molecule has 0 saturated heterocycles. The van der Waals surface area contributed by atoms with Gasteiger partial charge in [0, 0.05) is 10.6 Å². The van der Waals surface area contributed by atoms with Crippen LogP contribution in [0.25, 0.3) is 0 Å². The third kappa shape index (κ3) is 7.44. The summed E-state index contributed by atoms with van der Waals surface area (Å²) in [6.07, 6.45) is 0. The van der Waals surface area contributed by atoms with Crippen molar-refractivity contribution in [2.24, 2.45) is 0 Å². The van der Waals surface area contributed by atoms with E-state index in [1.54, 1.807) is 24.3 Å². The fourth-order valence-electron chi connectivity index (χ4n) is 1.19. The zero-order chi connectivity index (χ0) is 14.5. The Hall–Kier alpha value is 0.0900. The number of thioether (sulfide) groups is 1. The number of aliphatic hydroxyl groups excluding tert-OH is 1. The van der Waals surface area contributed by atoms with Crippen LogP contribution < -0.4 is 4.52 Å². The van der Waals surface area contributed by atoms with Crippen molar-refractivity contribution in [3.8, 4) is 5.75 Å². The molecule has 1 aromatic rings. The standard InChI is InChI=1S/C9H14O6P2S2/c10-5-6-19-9-3-1-8(2-4-9)15-17(14,18)7-16(11,12)13/h1-4,10H,5-7H2,(H,14,18)(H2,11,12,13). The van der Waals surface area contributed by atoms with Crippen molar-refractivity contribution < 1.29 is 28.9 Å². The first-order valence-electron chi connectivity index (χ1n) is 5.11. The maximum absolute atomic E-state index is 10.8. The van der Waals surface area contributed by atoms with Crippen LogP contribution in [0.4, 0.5) is 0 Å². The first-order chi connectivity index (χ1) is 8.72. The maximum atomic E-state index is 10.8. The Morgan fingerprint density at radius 1 is 1.21 bits per heavy atom. The Bertz CT molecular complexity index is 500. The lowest BCUT2D eigenvalue weighted by atomic mass is 10.3. The molecule has 1 atom stereocenters. The fourth-order valence-corrected chi connectivity index (χ4v) is 6.00. The van der Waals surface area contributed by atoms with Crippen LogP contribution in [0.2, 0.25) is 0 Å². The third-order valence-corrected chi connectivity index (χ3v) is 7.45. The highest BCUT2D eigenvalue weighted by molar-refractivity contribution is 8.12. The minimum Gasteiger partial charge on any atom is -0.443 e. The van der Waals surface area contributed by atoms with E-state index in [9.17, 15) is 9.46 Å². The van der Waals surface area contributed by atoms with Gasteiger partial charge in [0.15, 0.2) is 0 Å². The average Bonchev–Trinajstić information content (AvgIpc) is 2.24. The number of hydrogen-bond donors (Lipinski definition) is 4. The minimum atomic E-state index is -4.41. The lowest BCUT2D eigenvalue weighted by Gasteiger charge is -2.17. The van der Waals surface area contributed by atoms with E-state index in [-0.39, 0.29) is 12.4 Å². The lowest BCUT2D eigenvalue weighted by molar-refractivity contribution is 0.322. The van der Waals surface area contributed by atoms with Gasteiger partial charge in [-0.05, 0) is 36.1 Å². The van der Waals surface area contributed by atoms with Gasteiger partial charge in [-0.2, -0.15) is 0 Å². The highest BCUT2D eigenvalue weighted by Crippen LogP contribution is 2.55. The van der Waals surface area contributed by atoms with Crippen molar-refractivity contribution in [3.05, 3.63) is 24.3 Å². The number of hydrogen-bond acceptors (Lipinski definition) is 5. The summed E-state index contributed by atoms with van der Waals surface area (Å²) < 4.78 is 15.9. The second-order valence-corrected chi connectivity index (χ2v) is 10.4. The van der Waals surface area contributed by atoms with Gasteiger partial charge in [0.1, 0.15) is 11.7 Å². The summed E-state index contributed by atoms with van der Waals surface area (Å²) in [7, 11) is -4.41. The molecule has 1 aromatic carbocycles. The van der Waals surface area contributed by atoms with E-state index in [0.29, 0.717) is 5.75 Å². The summed E-state index contributed by atoms with van der Waals surface area (Å²) in [5, 5.41) is 8.68. The summed E-state index contributed by atoms with van der Waals surface area (Å²) in [5.41, 5.74) is 0. The summed E-state index contributed by atoms with van der Waals surface area (Å²) in [6, 6.07) is 6.53. The van der Waals surface area contributed by atoms with Crippen LogP contribution in [0.3, 0.4) is 0 Å². The third-order valence-electron chi connectivity index (χ3n) is 1.79. The highest BCUT2D eigenvalue weighted by atomic mass is 32.5. The van der Waals surface area contributed by atoms with E-state index >= 15 is 0 Å². The van der Waals surface area contributed by atoms with E-state index in [2.05, 4.69) is 0 Å². The molecule has 0 heterocycles. The van der Waals surface area contributed by atoms with Crippen LogP contribution in [0.15, 0.2) is 29.2 Å². The van der Waals surface area contributed by atoms with Gasteiger partial charge in [-0.15, -0.1) is 11.8 Å². The lowest BCUT2D eigenvalue weighted by Crippen LogP contribution is -1.97. The van der Waals surface area contributed by atoms with Crippen LogP contribution in [-0.2, 0) is 16.4 Å². The van der Waals surface area contributed by atoms with Gasteiger partial charge in [-0.3, -0.25) is 4.57 Å². The molecule has 0 radical (unpaired) electrons. The zero-order valence-electron chi connectivity index (χ0n) is 9.75. The SMILES string of the molecule is O=P(O)(O)CP(O)(=S)Oc1ccc(SCCO)cc1. The minimum absolute atomic E-state index is 0.0721. The summed E-state index contributed by atoms with van der Waals surface area (Å²) in [5.74, 6) is -0.0279. The Morgan fingerprint density at radius 2 is 1.79 bits per heavy atom. The van der Waals surface area contributed by atoms with Gasteiger partial charge in [-0.25, -0.2) is 0 Å². The van der Waals surface area contributed by atoms with Gasteiger partial charge < -0.3 is 24.3 Å². The number of aliphatic hydroxyl groups is 1. The molecule has 1 unspecified atom stereocenters. The van der Waals surface area contributed by atoms with E-state index in [1.165, 1.54) is 11.8 Å². The highest BCUT2D eigenvalue weighted by Gasteiger charge is 2.27. The van der Waals surface area contributed by atoms with Crippen LogP contribution in [-0.4, -0.2) is 38.0 Å². The predicted octanol–water partition coefficient (Wildman–Crippen LogP) is 1.59. The van der Waals surface area contributed by atoms with E-state index in [4.69, 9.17) is 31.2 Å². The van der Waals surface area contributed by atoms with Gasteiger partial charge in [0.2, 0.25) is 6.49 Å². The van der Waals surface area contributed by atoms with Crippen LogP contribution >= 0.6 is 25.8 Å². The molecule has 4 N–H and O–H groups in total. The second kappa shape index (κ2) is 7.20. The Balaban J connectivity index is 2.67. The van der Waals surface area contributed by atoms with Crippen molar-refractivity contribution in [2.75, 3.05) is 18.3 Å². The molecular formula is C9H14O6P2S2. The molecule has 10 heteroatoms. The molecule has 0 bridgehead atoms. The second-order valence-electron chi connectivity index (χ2n) is 3.58. The molecule has 0 spiro atoms. The molecule has 0 amide bonds. The molecule has 0 aromatic heterocycles. The summed E-state index contributed by atoms with van der Waals surface area (Å²) in [4.78, 5) is 28.1. The van der Waals surface area contributed by atoms with Crippen molar-refractivity contribution in [1.82, 2.24) is 0 Å². The Labute approximate surface area is 120 Å². The van der Waals surface area contributed by atoms with E-state index < -0.39 is 20.0 Å². The van der Waals surface area contributed by atoms with Crippen LogP contribution in [0, 0.1) is 0 Å².